The Labute approximate surface area is 199 Å². The van der Waals surface area contributed by atoms with E-state index in [4.69, 9.17) is 16.9 Å². The predicted molar refractivity (Wildman–Crippen MR) is 130 cm³/mol. The van der Waals surface area contributed by atoms with Crippen LogP contribution in [0.4, 0.5) is 0 Å². The van der Waals surface area contributed by atoms with Crippen molar-refractivity contribution in [3.63, 3.8) is 0 Å². The molecule has 0 saturated carbocycles. The molecule has 1 N–H and O–H groups in total. The topological polar surface area (TPSA) is 69.3 Å². The molecule has 0 aliphatic carbocycles. The maximum absolute atomic E-state index is 13.7. The Hall–Kier alpha value is -2.65. The van der Waals surface area contributed by atoms with Gasteiger partial charge in [-0.05, 0) is 74.9 Å². The number of carbonyl (C=O) groups is 1. The van der Waals surface area contributed by atoms with Crippen LogP contribution in [0.1, 0.15) is 53.7 Å². The molecule has 0 amide bonds. The summed E-state index contributed by atoms with van der Waals surface area (Å²) in [5, 5.41) is 20.8. The number of benzene rings is 2. The molecular formula is C27H28ClN3O2. The largest absolute Gasteiger partial charge is 0.393 e. The number of hydrogen-bond acceptors (Lipinski definition) is 4. The van der Waals surface area contributed by atoms with Crippen molar-refractivity contribution in [1.82, 2.24) is 9.47 Å². The van der Waals surface area contributed by atoms with E-state index >= 15 is 0 Å². The molecule has 2 saturated heterocycles. The molecule has 0 radical (unpaired) electrons. The van der Waals surface area contributed by atoms with Gasteiger partial charge in [0, 0.05) is 45.9 Å². The second-order valence-electron chi connectivity index (χ2n) is 9.39. The fourth-order valence-corrected chi connectivity index (χ4v) is 5.97. The average molecular weight is 462 g/mol. The highest BCUT2D eigenvalue weighted by atomic mass is 35.5. The van der Waals surface area contributed by atoms with Crippen molar-refractivity contribution in [3.8, 4) is 11.8 Å². The molecule has 2 bridgehead atoms. The van der Waals surface area contributed by atoms with Crippen LogP contribution in [0.3, 0.4) is 0 Å². The smallest absolute Gasteiger partial charge is 0.179 e. The third-order valence-corrected chi connectivity index (χ3v) is 7.60. The van der Waals surface area contributed by atoms with Crippen LogP contribution in [-0.2, 0) is 6.42 Å². The van der Waals surface area contributed by atoms with Crippen LogP contribution in [0.5, 0.6) is 0 Å². The van der Waals surface area contributed by atoms with E-state index < -0.39 is 0 Å². The zero-order valence-electron chi connectivity index (χ0n) is 18.8. The molecule has 0 spiro atoms. The Kier molecular flexibility index (Phi) is 6.01. The van der Waals surface area contributed by atoms with Crippen LogP contribution in [0.2, 0.25) is 5.02 Å². The predicted octanol–water partition coefficient (Wildman–Crippen LogP) is 5.22. The molecule has 170 valence electrons. The van der Waals surface area contributed by atoms with Gasteiger partial charge in [0.1, 0.15) is 0 Å². The average Bonchev–Trinajstić information content (AvgIpc) is 3.21. The van der Waals surface area contributed by atoms with E-state index in [1.54, 1.807) is 0 Å². The van der Waals surface area contributed by atoms with Gasteiger partial charge in [-0.1, -0.05) is 23.7 Å². The first-order valence-corrected chi connectivity index (χ1v) is 12.1. The zero-order chi connectivity index (χ0) is 23.1. The highest BCUT2D eigenvalue weighted by molar-refractivity contribution is 6.30. The minimum absolute atomic E-state index is 0.128. The lowest BCUT2D eigenvalue weighted by Crippen LogP contribution is -2.46. The Bertz CT molecular complexity index is 1230. The minimum atomic E-state index is -0.241. The Morgan fingerprint density at radius 3 is 2.52 bits per heavy atom. The summed E-state index contributed by atoms with van der Waals surface area (Å²) < 4.78 is 2.13. The van der Waals surface area contributed by atoms with Gasteiger partial charge < -0.3 is 9.67 Å². The fraction of sp³-hybridized carbons (Fsp3) is 0.407. The summed E-state index contributed by atoms with van der Waals surface area (Å²) in [6, 6.07) is 16.6. The van der Waals surface area contributed by atoms with Crippen molar-refractivity contribution in [2.75, 3.05) is 6.54 Å². The third-order valence-electron chi connectivity index (χ3n) is 7.34. The molecule has 2 atom stereocenters. The van der Waals surface area contributed by atoms with Gasteiger partial charge in [0.25, 0.3) is 0 Å². The van der Waals surface area contributed by atoms with E-state index in [9.17, 15) is 9.90 Å². The van der Waals surface area contributed by atoms with E-state index in [0.717, 1.165) is 59.1 Å². The second kappa shape index (κ2) is 8.95. The monoisotopic (exact) mass is 461 g/mol. The maximum atomic E-state index is 13.7. The van der Waals surface area contributed by atoms with Crippen LogP contribution in [0.25, 0.3) is 16.6 Å². The van der Waals surface area contributed by atoms with Gasteiger partial charge in [-0.25, -0.2) is 0 Å². The number of ketones is 1. The van der Waals surface area contributed by atoms with Crippen molar-refractivity contribution in [1.29, 1.82) is 5.26 Å². The van der Waals surface area contributed by atoms with Crippen molar-refractivity contribution in [3.05, 3.63) is 64.3 Å². The van der Waals surface area contributed by atoms with Crippen LogP contribution in [0.15, 0.2) is 42.5 Å². The zero-order valence-corrected chi connectivity index (χ0v) is 19.6. The molecule has 3 heterocycles. The second-order valence-corrected chi connectivity index (χ2v) is 9.82. The molecule has 2 fully saturated rings. The summed E-state index contributed by atoms with van der Waals surface area (Å²) >= 11 is 6.13. The molecule has 2 aliphatic rings. The van der Waals surface area contributed by atoms with Gasteiger partial charge in [-0.15, -0.1) is 0 Å². The van der Waals surface area contributed by atoms with Gasteiger partial charge in [0.15, 0.2) is 5.78 Å². The van der Waals surface area contributed by atoms with Crippen LogP contribution >= 0.6 is 11.6 Å². The number of aromatic nitrogens is 1. The molecule has 1 aromatic heterocycles. The number of rotatable bonds is 6. The first kappa shape index (κ1) is 22.2. The molecular weight excluding hydrogens is 434 g/mol. The molecule has 5 nitrogen and oxygen atoms in total. The fourth-order valence-electron chi connectivity index (χ4n) is 5.84. The highest BCUT2D eigenvalue weighted by Crippen LogP contribution is 2.37. The molecule has 2 aromatic carbocycles. The van der Waals surface area contributed by atoms with Crippen molar-refractivity contribution < 1.29 is 9.90 Å². The molecule has 6 heteroatoms. The molecule has 2 aliphatic heterocycles. The van der Waals surface area contributed by atoms with E-state index in [0.29, 0.717) is 36.5 Å². The molecule has 2 unspecified atom stereocenters. The Morgan fingerprint density at radius 1 is 1.15 bits per heavy atom. The lowest BCUT2D eigenvalue weighted by atomic mass is 9.98. The number of Topliss-reactive ketones (excluding diaryl/α,β-unsaturated/α-hetero) is 1. The van der Waals surface area contributed by atoms with Crippen molar-refractivity contribution >= 4 is 28.3 Å². The number of carbonyl (C=O) groups excluding carboxylic acids is 1. The molecule has 5 rings (SSSR count). The number of halogens is 1. The number of piperidine rings is 1. The maximum Gasteiger partial charge on any atom is 0.179 e. The minimum Gasteiger partial charge on any atom is -0.393 e. The summed E-state index contributed by atoms with van der Waals surface area (Å²) in [6.07, 6.45) is 4.54. The van der Waals surface area contributed by atoms with Gasteiger partial charge >= 0.3 is 0 Å². The van der Waals surface area contributed by atoms with Crippen LogP contribution < -0.4 is 0 Å². The lowest BCUT2D eigenvalue weighted by molar-refractivity contribution is 0.0344. The van der Waals surface area contributed by atoms with E-state index in [1.807, 2.05) is 43.3 Å². The summed E-state index contributed by atoms with van der Waals surface area (Å²) in [5.41, 5.74) is 4.69. The van der Waals surface area contributed by atoms with E-state index in [2.05, 4.69) is 21.6 Å². The summed E-state index contributed by atoms with van der Waals surface area (Å²) in [6.45, 7) is 2.39. The summed E-state index contributed by atoms with van der Waals surface area (Å²) in [4.78, 5) is 16.0. The first-order chi connectivity index (χ1) is 16.0. The highest BCUT2D eigenvalue weighted by Gasteiger charge is 2.41. The van der Waals surface area contributed by atoms with Gasteiger partial charge in [-0.3, -0.25) is 9.69 Å². The summed E-state index contributed by atoms with van der Waals surface area (Å²) in [5.74, 6) is 0.128. The standard InChI is InChI=1S/C27H28ClN3O2/c1-17-27(26(33)16-30-21-9-10-22(30)15-23(32)14-21)24-11-4-18(3-2-12-29)13-25(24)31(17)20-7-5-19(28)6-8-20/h4-8,11,13,21-23,32H,2-3,9-10,14-16H2,1H3. The molecule has 33 heavy (non-hydrogen) atoms. The normalized spacial score (nSPS) is 22.5. The number of nitriles is 1. The van der Waals surface area contributed by atoms with Crippen molar-refractivity contribution in [2.45, 2.75) is 63.6 Å². The number of nitrogens with zero attached hydrogens (tertiary/aromatic N) is 3. The SMILES string of the molecule is Cc1c(C(=O)CN2C3CCC2CC(O)C3)c2ccc(CCC#N)cc2n1-c1ccc(Cl)cc1. The quantitative estimate of drug-likeness (QED) is 0.511. The number of aliphatic hydroxyl groups is 1. The van der Waals surface area contributed by atoms with Gasteiger partial charge in [0.05, 0.1) is 24.2 Å². The third kappa shape index (κ3) is 4.08. The van der Waals surface area contributed by atoms with E-state index in [1.165, 1.54) is 0 Å². The van der Waals surface area contributed by atoms with Gasteiger partial charge in [-0.2, -0.15) is 5.26 Å². The Morgan fingerprint density at radius 2 is 1.85 bits per heavy atom. The lowest BCUT2D eigenvalue weighted by Gasteiger charge is -2.36. The summed E-state index contributed by atoms with van der Waals surface area (Å²) in [7, 11) is 0. The number of hydrogen-bond donors (Lipinski definition) is 1. The van der Waals surface area contributed by atoms with Gasteiger partial charge in [0.2, 0.25) is 0 Å². The first-order valence-electron chi connectivity index (χ1n) is 11.7. The number of aliphatic hydroxyl groups excluding tert-OH is 1. The molecule has 3 aromatic rings. The Balaban J connectivity index is 1.57. The van der Waals surface area contributed by atoms with E-state index in [-0.39, 0.29) is 11.9 Å². The van der Waals surface area contributed by atoms with Crippen LogP contribution in [-0.4, -0.2) is 45.1 Å². The van der Waals surface area contributed by atoms with Crippen LogP contribution in [0, 0.1) is 18.3 Å². The number of fused-ring (bicyclic) bond motifs is 3. The van der Waals surface area contributed by atoms with Crippen molar-refractivity contribution in [2.24, 2.45) is 0 Å². The number of aryl methyl sites for hydroxylation is 1.